The number of imidazole rings is 1. The second-order valence-corrected chi connectivity index (χ2v) is 4.19. The maximum absolute atomic E-state index is 4.39. The number of aromatic amines is 1. The molecular weight excluding hydrogens is 210 g/mol. The lowest BCUT2D eigenvalue weighted by atomic mass is 10.1. The molecule has 90 valence electrons. The molecule has 1 aromatic heterocycles. The van der Waals surface area contributed by atoms with Crippen LogP contribution in [0.1, 0.15) is 30.4 Å². The van der Waals surface area contributed by atoms with E-state index in [0.29, 0.717) is 0 Å². The van der Waals surface area contributed by atoms with Gasteiger partial charge in [0.25, 0.3) is 0 Å². The summed E-state index contributed by atoms with van der Waals surface area (Å²) in [7, 11) is 0. The van der Waals surface area contributed by atoms with Crippen LogP contribution in [-0.4, -0.2) is 16.5 Å². The van der Waals surface area contributed by atoms with Crippen LogP contribution in [0.3, 0.4) is 0 Å². The van der Waals surface area contributed by atoms with Crippen LogP contribution in [0.5, 0.6) is 0 Å². The first kappa shape index (κ1) is 11.9. The zero-order valence-electron chi connectivity index (χ0n) is 10.2. The minimum absolute atomic E-state index is 0.870. The molecule has 1 aromatic carbocycles. The zero-order valence-corrected chi connectivity index (χ0v) is 10.2. The molecule has 0 aliphatic rings. The largest absolute Gasteiger partial charge is 0.345 e. The Kier molecular flexibility index (Phi) is 4.33. The van der Waals surface area contributed by atoms with Crippen LogP contribution in [-0.2, 0) is 13.0 Å². The summed E-state index contributed by atoms with van der Waals surface area (Å²) >= 11 is 0. The van der Waals surface area contributed by atoms with Crippen LogP contribution in [0.15, 0.2) is 36.5 Å². The summed E-state index contributed by atoms with van der Waals surface area (Å²) in [5, 5.41) is 3.36. The van der Waals surface area contributed by atoms with Crippen molar-refractivity contribution in [3.63, 3.8) is 0 Å². The Hall–Kier alpha value is -1.61. The number of aromatic nitrogens is 2. The molecule has 1 heterocycles. The maximum atomic E-state index is 4.39. The van der Waals surface area contributed by atoms with Gasteiger partial charge in [-0.15, -0.1) is 0 Å². The van der Waals surface area contributed by atoms with Gasteiger partial charge in [0, 0.05) is 24.9 Å². The smallest absolute Gasteiger partial charge is 0.110 e. The number of benzene rings is 1. The highest BCUT2D eigenvalue weighted by molar-refractivity contribution is 5.19. The molecule has 2 aromatic rings. The van der Waals surface area contributed by atoms with E-state index in [-0.39, 0.29) is 0 Å². The topological polar surface area (TPSA) is 40.7 Å². The molecule has 0 unspecified atom stereocenters. The van der Waals surface area contributed by atoms with Gasteiger partial charge >= 0.3 is 0 Å². The summed E-state index contributed by atoms with van der Waals surface area (Å²) in [6, 6.07) is 10.4. The number of H-pyrrole nitrogens is 1. The maximum Gasteiger partial charge on any atom is 0.110 e. The second kappa shape index (κ2) is 6.21. The van der Waals surface area contributed by atoms with Gasteiger partial charge in [-0.1, -0.05) is 37.3 Å². The molecule has 0 aliphatic heterocycles. The van der Waals surface area contributed by atoms with Gasteiger partial charge in [0.15, 0.2) is 0 Å². The molecule has 17 heavy (non-hydrogen) atoms. The summed E-state index contributed by atoms with van der Waals surface area (Å²) in [5.74, 6) is 1.03. The Bertz CT molecular complexity index is 434. The van der Waals surface area contributed by atoms with Gasteiger partial charge in [-0.2, -0.15) is 0 Å². The van der Waals surface area contributed by atoms with Crippen molar-refractivity contribution in [1.82, 2.24) is 15.3 Å². The Morgan fingerprint density at radius 1 is 1.24 bits per heavy atom. The number of rotatable bonds is 6. The molecule has 0 spiro atoms. The fraction of sp³-hybridized carbons (Fsp3) is 0.357. The first-order valence-electron chi connectivity index (χ1n) is 6.16. The van der Waals surface area contributed by atoms with Crippen molar-refractivity contribution < 1.29 is 0 Å². The number of nitrogens with one attached hydrogen (secondary N) is 2. The molecule has 0 bridgehead atoms. The van der Waals surface area contributed by atoms with Crippen LogP contribution in [0.2, 0.25) is 0 Å². The standard InChI is InChI=1S/C14H19N3/c1-2-8-15-10-13-11-16-14(17-13)9-12-6-4-3-5-7-12/h3-7,11,15H,2,8-10H2,1H3,(H,16,17). The van der Waals surface area contributed by atoms with Gasteiger partial charge in [0.1, 0.15) is 5.82 Å². The third kappa shape index (κ3) is 3.71. The third-order valence-electron chi connectivity index (χ3n) is 2.64. The lowest BCUT2D eigenvalue weighted by Crippen LogP contribution is -2.13. The van der Waals surface area contributed by atoms with E-state index in [0.717, 1.165) is 37.4 Å². The van der Waals surface area contributed by atoms with Crippen molar-refractivity contribution in [3.05, 3.63) is 53.6 Å². The molecule has 0 atom stereocenters. The molecule has 0 saturated carbocycles. The van der Waals surface area contributed by atoms with Gasteiger partial charge in [-0.3, -0.25) is 0 Å². The van der Waals surface area contributed by atoms with Crippen molar-refractivity contribution in [2.45, 2.75) is 26.3 Å². The van der Waals surface area contributed by atoms with E-state index in [1.165, 1.54) is 5.56 Å². The van der Waals surface area contributed by atoms with E-state index in [1.807, 2.05) is 12.3 Å². The minimum atomic E-state index is 0.870. The molecule has 0 fully saturated rings. The van der Waals surface area contributed by atoms with Crippen molar-refractivity contribution >= 4 is 0 Å². The first-order valence-corrected chi connectivity index (χ1v) is 6.16. The third-order valence-corrected chi connectivity index (χ3v) is 2.64. The monoisotopic (exact) mass is 229 g/mol. The van der Waals surface area contributed by atoms with Crippen molar-refractivity contribution in [2.24, 2.45) is 0 Å². The second-order valence-electron chi connectivity index (χ2n) is 4.19. The Labute approximate surface area is 102 Å². The van der Waals surface area contributed by atoms with Crippen molar-refractivity contribution in [1.29, 1.82) is 0 Å². The van der Waals surface area contributed by atoms with Gasteiger partial charge in [0.05, 0.1) is 0 Å². The highest BCUT2D eigenvalue weighted by Crippen LogP contribution is 2.06. The van der Waals surface area contributed by atoms with Gasteiger partial charge in [-0.05, 0) is 18.5 Å². The fourth-order valence-electron chi connectivity index (χ4n) is 1.77. The van der Waals surface area contributed by atoms with Crippen LogP contribution in [0.4, 0.5) is 0 Å². The van der Waals surface area contributed by atoms with Crippen molar-refractivity contribution in [2.75, 3.05) is 6.54 Å². The summed E-state index contributed by atoms with van der Waals surface area (Å²) in [6.07, 6.45) is 3.95. The number of hydrogen-bond donors (Lipinski definition) is 2. The lowest BCUT2D eigenvalue weighted by molar-refractivity contribution is 0.665. The van der Waals surface area contributed by atoms with Crippen LogP contribution < -0.4 is 5.32 Å². The Balaban J connectivity index is 1.90. The summed E-state index contributed by atoms with van der Waals surface area (Å²) in [4.78, 5) is 7.74. The van der Waals surface area contributed by atoms with E-state index in [9.17, 15) is 0 Å². The van der Waals surface area contributed by atoms with Gasteiger partial charge < -0.3 is 10.3 Å². The number of nitrogens with zero attached hydrogens (tertiary/aromatic N) is 1. The summed E-state index contributed by atoms with van der Waals surface area (Å²) in [6.45, 7) is 4.09. The molecule has 0 saturated heterocycles. The van der Waals surface area contributed by atoms with Crippen LogP contribution >= 0.6 is 0 Å². The molecule has 0 aliphatic carbocycles. The molecule has 0 amide bonds. The quantitative estimate of drug-likeness (QED) is 0.747. The van der Waals surface area contributed by atoms with E-state index in [1.54, 1.807) is 0 Å². The molecule has 0 radical (unpaired) electrons. The predicted molar refractivity (Wildman–Crippen MR) is 69.8 cm³/mol. The van der Waals surface area contributed by atoms with Gasteiger partial charge in [-0.25, -0.2) is 4.98 Å². The van der Waals surface area contributed by atoms with Crippen LogP contribution in [0, 0.1) is 0 Å². The number of hydrogen-bond acceptors (Lipinski definition) is 2. The molecule has 3 heteroatoms. The lowest BCUT2D eigenvalue weighted by Gasteiger charge is -2.00. The first-order chi connectivity index (χ1) is 8.38. The molecule has 3 nitrogen and oxygen atoms in total. The highest BCUT2D eigenvalue weighted by atomic mass is 15.0. The normalized spacial score (nSPS) is 10.6. The highest BCUT2D eigenvalue weighted by Gasteiger charge is 2.01. The SMILES string of the molecule is CCCNCc1cnc(Cc2ccccc2)[nH]1. The average molecular weight is 229 g/mol. The fourth-order valence-corrected chi connectivity index (χ4v) is 1.77. The van der Waals surface area contributed by atoms with Crippen LogP contribution in [0.25, 0.3) is 0 Å². The van der Waals surface area contributed by atoms with E-state index in [4.69, 9.17) is 0 Å². The van der Waals surface area contributed by atoms with E-state index < -0.39 is 0 Å². The zero-order chi connectivity index (χ0) is 11.9. The van der Waals surface area contributed by atoms with Gasteiger partial charge in [0.2, 0.25) is 0 Å². The molecular formula is C14H19N3. The molecule has 2 N–H and O–H groups in total. The average Bonchev–Trinajstić information content (AvgIpc) is 2.79. The summed E-state index contributed by atoms with van der Waals surface area (Å²) in [5.41, 5.74) is 2.44. The summed E-state index contributed by atoms with van der Waals surface area (Å²) < 4.78 is 0. The molecule has 2 rings (SSSR count). The Morgan fingerprint density at radius 2 is 2.06 bits per heavy atom. The van der Waals surface area contributed by atoms with E-state index in [2.05, 4.69) is 46.5 Å². The predicted octanol–water partition coefficient (Wildman–Crippen LogP) is 2.50. The van der Waals surface area contributed by atoms with E-state index >= 15 is 0 Å². The Morgan fingerprint density at radius 3 is 2.82 bits per heavy atom. The minimum Gasteiger partial charge on any atom is -0.345 e. The van der Waals surface area contributed by atoms with Crippen molar-refractivity contribution in [3.8, 4) is 0 Å².